The van der Waals surface area contributed by atoms with Crippen molar-refractivity contribution in [1.29, 1.82) is 5.41 Å². The Kier molecular flexibility index (Phi) is 10.8. The molecule has 0 bridgehead atoms. The molecule has 0 saturated heterocycles. The van der Waals surface area contributed by atoms with E-state index in [2.05, 4.69) is 15.6 Å². The molecule has 12 heteroatoms. The van der Waals surface area contributed by atoms with Crippen molar-refractivity contribution in [2.75, 3.05) is 13.2 Å². The van der Waals surface area contributed by atoms with Gasteiger partial charge in [0.1, 0.15) is 17.9 Å². The normalized spacial score (nSPS) is 13.0. The molecule has 0 aliphatic heterocycles. The second-order valence-electron chi connectivity index (χ2n) is 9.63. The molecule has 0 aliphatic carbocycles. The summed E-state index contributed by atoms with van der Waals surface area (Å²) >= 11 is 0. The van der Waals surface area contributed by atoms with Crippen LogP contribution in [0.5, 0.6) is 0 Å². The van der Waals surface area contributed by atoms with Gasteiger partial charge in [-0.3, -0.25) is 24.8 Å². The summed E-state index contributed by atoms with van der Waals surface area (Å²) in [6, 6.07) is 18.0. The van der Waals surface area contributed by atoms with Gasteiger partial charge in [-0.05, 0) is 41.2 Å². The molecule has 41 heavy (non-hydrogen) atoms. The molecule has 0 saturated carbocycles. The summed E-state index contributed by atoms with van der Waals surface area (Å²) in [5, 5.41) is 24.7. The van der Waals surface area contributed by atoms with Crippen molar-refractivity contribution in [1.82, 2.24) is 10.6 Å². The van der Waals surface area contributed by atoms with E-state index in [4.69, 9.17) is 28.3 Å². The fourth-order valence-electron chi connectivity index (χ4n) is 4.37. The highest BCUT2D eigenvalue weighted by Gasteiger charge is 2.29. The first kappa shape index (κ1) is 30.6. The van der Waals surface area contributed by atoms with Crippen LogP contribution in [0.25, 0.3) is 10.8 Å². The summed E-state index contributed by atoms with van der Waals surface area (Å²) in [5.41, 5.74) is 23.7. The molecule has 3 rings (SSSR count). The Hall–Kier alpha value is -4.97. The third-order valence-corrected chi connectivity index (χ3v) is 6.62. The molecule has 216 valence electrons. The quantitative estimate of drug-likeness (QED) is 0.0759. The first-order valence-electron chi connectivity index (χ1n) is 13.1. The molecule has 0 heterocycles. The number of nitrogens with two attached hydrogens (primary N) is 4. The van der Waals surface area contributed by atoms with E-state index in [0.717, 1.165) is 16.3 Å². The lowest BCUT2D eigenvalue weighted by Gasteiger charge is -2.24. The first-order chi connectivity index (χ1) is 19.6. The average Bonchev–Trinajstić information content (AvgIpc) is 2.95. The largest absolute Gasteiger partial charge is 0.394 e. The molecular formula is C29H36N8O4. The summed E-state index contributed by atoms with van der Waals surface area (Å²) in [4.78, 5) is 42.4. The minimum absolute atomic E-state index is 0.0670. The zero-order chi connectivity index (χ0) is 29.9. The number of nitrogens with zero attached hydrogens (tertiary/aromatic N) is 1. The zero-order valence-corrected chi connectivity index (χ0v) is 22.5. The summed E-state index contributed by atoms with van der Waals surface area (Å²) in [6.07, 6.45) is 0.811. The van der Waals surface area contributed by atoms with E-state index in [1.807, 2.05) is 42.5 Å². The molecule has 3 aromatic carbocycles. The highest BCUT2D eigenvalue weighted by atomic mass is 16.3. The van der Waals surface area contributed by atoms with Crippen molar-refractivity contribution >= 4 is 40.3 Å². The van der Waals surface area contributed by atoms with Crippen LogP contribution in [0.1, 0.15) is 35.4 Å². The number of carbonyl (C=O) groups is 3. The van der Waals surface area contributed by atoms with Crippen LogP contribution >= 0.6 is 0 Å². The summed E-state index contributed by atoms with van der Waals surface area (Å²) in [7, 11) is 0. The van der Waals surface area contributed by atoms with E-state index in [-0.39, 0.29) is 31.2 Å². The number of carbonyl (C=O) groups excluding carboxylic acids is 3. The topological polar surface area (TPSA) is 236 Å². The van der Waals surface area contributed by atoms with Gasteiger partial charge in [0.05, 0.1) is 12.5 Å². The van der Waals surface area contributed by atoms with Crippen molar-refractivity contribution in [3.05, 3.63) is 83.4 Å². The number of benzene rings is 3. The molecule has 3 atom stereocenters. The maximum absolute atomic E-state index is 13.6. The van der Waals surface area contributed by atoms with Crippen LogP contribution in [0.2, 0.25) is 0 Å². The van der Waals surface area contributed by atoms with Gasteiger partial charge in [0.25, 0.3) is 0 Å². The van der Waals surface area contributed by atoms with Crippen LogP contribution in [0.3, 0.4) is 0 Å². The number of nitrogens with one attached hydrogen (secondary N) is 3. The van der Waals surface area contributed by atoms with Gasteiger partial charge >= 0.3 is 0 Å². The van der Waals surface area contributed by atoms with Crippen molar-refractivity contribution in [2.45, 2.75) is 37.3 Å². The van der Waals surface area contributed by atoms with Crippen molar-refractivity contribution < 1.29 is 19.5 Å². The molecule has 0 aliphatic rings. The Morgan fingerprint density at radius 2 is 1.51 bits per heavy atom. The monoisotopic (exact) mass is 560 g/mol. The van der Waals surface area contributed by atoms with Gasteiger partial charge in [-0.25, -0.2) is 0 Å². The second-order valence-corrected chi connectivity index (χ2v) is 9.63. The fraction of sp³-hybridized carbons (Fsp3) is 0.276. The standard InChI is InChI=1S/C29H36N8O4/c30-25(31)19-9-7-17(8-10-19)14-22(21-12-11-18-4-1-2-5-20(18)15-21)27(40)37-24(16-38)28(41)36-23(26(32)39)6-3-13-35-29(33)34/h1-2,4-5,7-12,15,22-24,38H,3,6,13-14,16H2,(H3,30,31)(H2,32,39)(H,36,41)(H,37,40)(H4,33,34,35)/t22-,23+,24+/m1/s1. The number of amidine groups is 1. The second kappa shape index (κ2) is 14.4. The maximum atomic E-state index is 13.6. The molecule has 0 unspecified atom stereocenters. The summed E-state index contributed by atoms with van der Waals surface area (Å²) in [6.45, 7) is -0.461. The van der Waals surface area contributed by atoms with Crippen molar-refractivity contribution in [3.8, 4) is 0 Å². The van der Waals surface area contributed by atoms with Crippen LogP contribution in [0.15, 0.2) is 71.7 Å². The number of guanidine groups is 1. The molecule has 0 radical (unpaired) electrons. The number of rotatable bonds is 14. The number of hydrogen-bond acceptors (Lipinski definition) is 6. The van der Waals surface area contributed by atoms with Crippen LogP contribution < -0.4 is 33.6 Å². The average molecular weight is 561 g/mol. The molecule has 12 N–H and O–H groups in total. The number of hydrogen-bond donors (Lipinski definition) is 8. The minimum atomic E-state index is -1.33. The Balaban J connectivity index is 1.81. The number of nitrogen functional groups attached to an aromatic ring is 1. The summed E-state index contributed by atoms with van der Waals surface area (Å²) in [5.74, 6) is -2.90. The van der Waals surface area contributed by atoms with E-state index in [1.165, 1.54) is 0 Å². The van der Waals surface area contributed by atoms with E-state index < -0.39 is 42.3 Å². The highest BCUT2D eigenvalue weighted by molar-refractivity contribution is 5.95. The zero-order valence-electron chi connectivity index (χ0n) is 22.5. The van der Waals surface area contributed by atoms with Gasteiger partial charge in [0.15, 0.2) is 5.96 Å². The van der Waals surface area contributed by atoms with E-state index in [9.17, 15) is 19.5 Å². The van der Waals surface area contributed by atoms with Gasteiger partial charge < -0.3 is 38.7 Å². The number of aliphatic hydroxyl groups excluding tert-OH is 1. The lowest BCUT2D eigenvalue weighted by Crippen LogP contribution is -2.55. The SMILES string of the molecule is N=C(N)c1ccc(C[C@@H](C(=O)N[C@@H](CO)C(=O)N[C@@H](CCCN=C(N)N)C(N)=O)c2ccc3ccccc3c2)cc1. The van der Waals surface area contributed by atoms with Crippen molar-refractivity contribution in [2.24, 2.45) is 27.9 Å². The number of aliphatic hydroxyl groups is 1. The van der Waals surface area contributed by atoms with Crippen LogP contribution in [-0.2, 0) is 20.8 Å². The van der Waals surface area contributed by atoms with E-state index in [1.54, 1.807) is 24.3 Å². The smallest absolute Gasteiger partial charge is 0.245 e. The maximum Gasteiger partial charge on any atom is 0.245 e. The number of primary amides is 1. The predicted octanol–water partition coefficient (Wildman–Crippen LogP) is -0.0490. The third-order valence-electron chi connectivity index (χ3n) is 6.62. The van der Waals surface area contributed by atoms with E-state index >= 15 is 0 Å². The molecule has 3 amide bonds. The lowest BCUT2D eigenvalue weighted by molar-refractivity contribution is -0.132. The Morgan fingerprint density at radius 3 is 2.12 bits per heavy atom. The van der Waals surface area contributed by atoms with Gasteiger partial charge in [-0.15, -0.1) is 0 Å². The Bertz CT molecular complexity index is 1420. The molecular weight excluding hydrogens is 524 g/mol. The Labute approximate surface area is 237 Å². The molecule has 0 spiro atoms. The van der Waals surface area contributed by atoms with Crippen LogP contribution in [-0.4, -0.2) is 59.9 Å². The van der Waals surface area contributed by atoms with E-state index in [0.29, 0.717) is 17.5 Å². The molecule has 3 aromatic rings. The number of aliphatic imine (C=N–C) groups is 1. The van der Waals surface area contributed by atoms with Crippen LogP contribution in [0, 0.1) is 5.41 Å². The Morgan fingerprint density at radius 1 is 0.854 bits per heavy atom. The van der Waals surface area contributed by atoms with Gasteiger partial charge in [-0.2, -0.15) is 0 Å². The van der Waals surface area contributed by atoms with Gasteiger partial charge in [0.2, 0.25) is 17.7 Å². The minimum Gasteiger partial charge on any atom is -0.394 e. The molecule has 0 fully saturated rings. The van der Waals surface area contributed by atoms with Crippen molar-refractivity contribution in [3.63, 3.8) is 0 Å². The lowest BCUT2D eigenvalue weighted by atomic mass is 9.89. The first-order valence-corrected chi connectivity index (χ1v) is 13.1. The van der Waals surface area contributed by atoms with Gasteiger partial charge in [-0.1, -0.05) is 66.7 Å². The third kappa shape index (κ3) is 8.77. The van der Waals surface area contributed by atoms with Crippen LogP contribution in [0.4, 0.5) is 0 Å². The predicted molar refractivity (Wildman–Crippen MR) is 158 cm³/mol. The summed E-state index contributed by atoms with van der Waals surface area (Å²) < 4.78 is 0. The molecule has 12 nitrogen and oxygen atoms in total. The molecule has 0 aromatic heterocycles. The fourth-order valence-corrected chi connectivity index (χ4v) is 4.37. The highest BCUT2D eigenvalue weighted by Crippen LogP contribution is 2.26. The number of fused-ring (bicyclic) bond motifs is 1. The van der Waals surface area contributed by atoms with Gasteiger partial charge in [0, 0.05) is 12.1 Å². The number of amides is 3.